The van der Waals surface area contributed by atoms with Crippen LogP contribution in [0.15, 0.2) is 0 Å². The molecule has 0 aromatic heterocycles. The van der Waals surface area contributed by atoms with Crippen LogP contribution >= 0.6 is 0 Å². The average Bonchev–Trinajstić information content (AvgIpc) is 3.35. The van der Waals surface area contributed by atoms with Crippen LogP contribution in [0, 0.1) is 11.8 Å². The monoisotopic (exact) mass is 986 g/mol. The van der Waals surface area contributed by atoms with E-state index in [0.717, 1.165) is 64.3 Å². The van der Waals surface area contributed by atoms with Crippen LogP contribution in [0.4, 0.5) is 0 Å². The van der Waals surface area contributed by atoms with E-state index in [9.17, 15) is 24.6 Å². The molecule has 0 aliphatic heterocycles. The van der Waals surface area contributed by atoms with E-state index < -0.39 is 12.4 Å². The first kappa shape index (κ1) is 67.2. The molecule has 0 rings (SSSR count). The van der Waals surface area contributed by atoms with Crippen LogP contribution in [0.5, 0.6) is 0 Å². The number of carbonyl (C=O) groups excluding carboxylic acids is 3. The first-order valence-corrected chi connectivity index (χ1v) is 28.9. The molecule has 0 saturated heterocycles. The van der Waals surface area contributed by atoms with Crippen LogP contribution < -0.4 is 0 Å². The van der Waals surface area contributed by atoms with Crippen molar-refractivity contribution >= 4 is 17.9 Å². The van der Waals surface area contributed by atoms with E-state index in [4.69, 9.17) is 28.4 Å². The van der Waals surface area contributed by atoms with Gasteiger partial charge in [-0.2, -0.15) is 0 Å². The van der Waals surface area contributed by atoms with Gasteiger partial charge in [0.1, 0.15) is 0 Å². The van der Waals surface area contributed by atoms with Crippen molar-refractivity contribution in [2.75, 3.05) is 73.0 Å². The van der Waals surface area contributed by atoms with Crippen LogP contribution in [0.25, 0.3) is 0 Å². The van der Waals surface area contributed by atoms with Gasteiger partial charge in [-0.1, -0.05) is 175 Å². The molecule has 12 heteroatoms. The Morgan fingerprint density at radius 3 is 1.41 bits per heavy atom. The quantitative estimate of drug-likeness (QED) is 0.0258. The van der Waals surface area contributed by atoms with Gasteiger partial charge in [-0.3, -0.25) is 19.3 Å². The van der Waals surface area contributed by atoms with Crippen LogP contribution in [0.1, 0.15) is 252 Å². The van der Waals surface area contributed by atoms with E-state index in [2.05, 4.69) is 32.6 Å². The summed E-state index contributed by atoms with van der Waals surface area (Å²) >= 11 is 0. The molecule has 0 heterocycles. The standard InChI is InChI=1S/C57H111NO11/c1-6-10-14-18-21-23-28-36-52(35-27-22-17-13-9-4)53(60)47-58(41-31-32-43-59)42-46-65-48-51(49-68-55(62)38-30-26-29-37-54(61)64-5)50-69-56(63)39-40-57(66-44-33-24-19-15-11-7-2)67-45-34-25-20-16-12-8-3/h51-53,57,59-60H,6-50H2,1-5H3/t51?,52?,53-/m0/s1. The van der Waals surface area contributed by atoms with Crippen molar-refractivity contribution < 1.29 is 53.0 Å². The predicted molar refractivity (Wildman–Crippen MR) is 281 cm³/mol. The Bertz CT molecular complexity index is 1090. The number of ether oxygens (including phenoxy) is 6. The summed E-state index contributed by atoms with van der Waals surface area (Å²) in [6, 6.07) is 0. The number of carbonyl (C=O) groups is 3. The van der Waals surface area contributed by atoms with E-state index in [1.54, 1.807) is 0 Å². The van der Waals surface area contributed by atoms with Gasteiger partial charge in [-0.05, 0) is 63.8 Å². The molecule has 0 aromatic rings. The molecule has 0 aromatic carbocycles. The van der Waals surface area contributed by atoms with Gasteiger partial charge in [0.15, 0.2) is 6.29 Å². The number of hydrogen-bond acceptors (Lipinski definition) is 12. The highest BCUT2D eigenvalue weighted by atomic mass is 16.7. The molecule has 410 valence electrons. The molecule has 0 fully saturated rings. The SMILES string of the molecule is CCCCCCCCCC(CCCCCCC)[C@@H](O)CN(CCCCO)CCOCC(COC(=O)CCCCCC(=O)OC)COC(=O)CCC(OCCCCCCCC)OCCCCCCCC. The second-order valence-electron chi connectivity index (χ2n) is 19.9. The lowest BCUT2D eigenvalue weighted by Gasteiger charge is -2.30. The van der Waals surface area contributed by atoms with Crippen molar-refractivity contribution in [1.82, 2.24) is 4.90 Å². The first-order chi connectivity index (χ1) is 33.7. The van der Waals surface area contributed by atoms with E-state index in [0.29, 0.717) is 71.4 Å². The molecule has 69 heavy (non-hydrogen) atoms. The molecule has 0 bridgehead atoms. The highest BCUT2D eigenvalue weighted by Crippen LogP contribution is 2.24. The third-order valence-electron chi connectivity index (χ3n) is 13.3. The molecule has 2 N–H and O–H groups in total. The Kier molecular flexibility index (Phi) is 51.1. The highest BCUT2D eigenvalue weighted by molar-refractivity contribution is 5.70. The summed E-state index contributed by atoms with van der Waals surface area (Å²) in [6.07, 6.45) is 34.8. The Hall–Kier alpha value is -1.83. The zero-order valence-electron chi connectivity index (χ0n) is 45.6. The van der Waals surface area contributed by atoms with Crippen LogP contribution in [-0.4, -0.2) is 118 Å². The third kappa shape index (κ3) is 45.8. The predicted octanol–water partition coefficient (Wildman–Crippen LogP) is 13.2. The Labute approximate surface area is 424 Å². The minimum absolute atomic E-state index is 0.0462. The van der Waals surface area contributed by atoms with Gasteiger partial charge in [0.2, 0.25) is 0 Å². The number of unbranched alkanes of at least 4 members (excludes halogenated alkanes) is 23. The molecule has 2 unspecified atom stereocenters. The summed E-state index contributed by atoms with van der Waals surface area (Å²) in [5, 5.41) is 21.3. The van der Waals surface area contributed by atoms with Gasteiger partial charge < -0.3 is 38.6 Å². The number of esters is 3. The lowest BCUT2D eigenvalue weighted by molar-refractivity contribution is -0.161. The summed E-state index contributed by atoms with van der Waals surface area (Å²) < 4.78 is 34.8. The van der Waals surface area contributed by atoms with Gasteiger partial charge in [0.05, 0.1) is 52.0 Å². The van der Waals surface area contributed by atoms with Crippen molar-refractivity contribution in [3.63, 3.8) is 0 Å². The Morgan fingerprint density at radius 1 is 0.464 bits per heavy atom. The maximum Gasteiger partial charge on any atom is 0.305 e. The zero-order chi connectivity index (χ0) is 50.7. The topological polar surface area (TPSA) is 150 Å². The molecule has 0 amide bonds. The van der Waals surface area contributed by atoms with Crippen LogP contribution in [0.2, 0.25) is 0 Å². The number of aliphatic hydroxyl groups is 2. The minimum Gasteiger partial charge on any atom is -0.469 e. The fourth-order valence-electron chi connectivity index (χ4n) is 8.67. The maximum atomic E-state index is 13.2. The lowest BCUT2D eigenvalue weighted by Crippen LogP contribution is -2.39. The number of rotatable bonds is 55. The number of methoxy groups -OCH3 is 1. The van der Waals surface area contributed by atoms with Gasteiger partial charge >= 0.3 is 17.9 Å². The van der Waals surface area contributed by atoms with Crippen molar-refractivity contribution in [3.05, 3.63) is 0 Å². The Balaban J connectivity index is 5.56. The molecule has 0 saturated carbocycles. The summed E-state index contributed by atoms with van der Waals surface area (Å²) in [7, 11) is 1.37. The third-order valence-corrected chi connectivity index (χ3v) is 13.3. The molecule has 3 atom stereocenters. The maximum absolute atomic E-state index is 13.2. The van der Waals surface area contributed by atoms with Crippen LogP contribution in [-0.2, 0) is 42.8 Å². The normalized spacial score (nSPS) is 13.0. The number of nitrogens with zero attached hydrogens (tertiary/aromatic N) is 1. The van der Waals surface area contributed by atoms with Gasteiger partial charge in [0, 0.05) is 52.2 Å². The van der Waals surface area contributed by atoms with Gasteiger partial charge in [-0.25, -0.2) is 0 Å². The smallest absolute Gasteiger partial charge is 0.305 e. The van der Waals surface area contributed by atoms with Crippen molar-refractivity contribution in [2.24, 2.45) is 11.8 Å². The summed E-state index contributed by atoms with van der Waals surface area (Å²) in [5.74, 6) is -1.05. The highest BCUT2D eigenvalue weighted by Gasteiger charge is 2.23. The molecule has 0 aliphatic rings. The Morgan fingerprint density at radius 2 is 0.913 bits per heavy atom. The summed E-state index contributed by atoms with van der Waals surface area (Å²) in [5.41, 5.74) is 0. The molecule has 0 radical (unpaired) electrons. The average molecular weight is 987 g/mol. The van der Waals surface area contributed by atoms with Gasteiger partial charge in [0.25, 0.3) is 0 Å². The molecule has 0 aliphatic carbocycles. The summed E-state index contributed by atoms with van der Waals surface area (Å²) in [6.45, 7) is 13.0. The molecule has 12 nitrogen and oxygen atoms in total. The fourth-order valence-corrected chi connectivity index (χ4v) is 8.67. The second kappa shape index (κ2) is 52.5. The summed E-state index contributed by atoms with van der Waals surface area (Å²) in [4.78, 5) is 39.7. The van der Waals surface area contributed by atoms with Crippen molar-refractivity contribution in [1.29, 1.82) is 0 Å². The van der Waals surface area contributed by atoms with E-state index in [1.165, 1.54) is 123 Å². The zero-order valence-corrected chi connectivity index (χ0v) is 45.6. The van der Waals surface area contributed by atoms with E-state index in [1.807, 2.05) is 0 Å². The van der Waals surface area contributed by atoms with E-state index >= 15 is 0 Å². The van der Waals surface area contributed by atoms with E-state index in [-0.39, 0.29) is 69.0 Å². The van der Waals surface area contributed by atoms with Crippen LogP contribution in [0.3, 0.4) is 0 Å². The second-order valence-corrected chi connectivity index (χ2v) is 19.9. The fraction of sp³-hybridized carbons (Fsp3) is 0.947. The van der Waals surface area contributed by atoms with Crippen molar-refractivity contribution in [3.8, 4) is 0 Å². The lowest BCUT2D eigenvalue weighted by atomic mass is 9.89. The largest absolute Gasteiger partial charge is 0.469 e. The number of hydrogen-bond donors (Lipinski definition) is 2. The first-order valence-electron chi connectivity index (χ1n) is 28.9. The van der Waals surface area contributed by atoms with Gasteiger partial charge in [-0.15, -0.1) is 0 Å². The molecular weight excluding hydrogens is 875 g/mol. The molecular formula is C57H111NO11. The number of aliphatic hydroxyl groups excluding tert-OH is 2. The molecule has 0 spiro atoms. The minimum atomic E-state index is -0.461. The van der Waals surface area contributed by atoms with Crippen molar-refractivity contribution in [2.45, 2.75) is 265 Å².